The van der Waals surface area contributed by atoms with Crippen LogP contribution in [0.3, 0.4) is 0 Å². The Kier molecular flexibility index (Phi) is 4.18. The van der Waals surface area contributed by atoms with Crippen molar-refractivity contribution in [1.82, 2.24) is 4.90 Å². The van der Waals surface area contributed by atoms with Crippen molar-refractivity contribution < 1.29 is 13.2 Å². The first-order valence-corrected chi connectivity index (χ1v) is 7.58. The Morgan fingerprint density at radius 2 is 2.06 bits per heavy atom. The summed E-state index contributed by atoms with van der Waals surface area (Å²) in [6, 6.07) is 5.71. The van der Waals surface area contributed by atoms with E-state index < -0.39 is 6.30 Å². The van der Waals surface area contributed by atoms with E-state index in [1.807, 2.05) is 25.1 Å². The second-order valence-electron chi connectivity index (χ2n) is 4.42. The molecule has 1 atom stereocenters. The van der Waals surface area contributed by atoms with Gasteiger partial charge >= 0.3 is 6.30 Å². The Morgan fingerprint density at radius 3 is 2.67 bits per heavy atom. The van der Waals surface area contributed by atoms with Crippen LogP contribution >= 0.6 is 22.5 Å². The third kappa shape index (κ3) is 2.97. The molecule has 1 aromatic rings. The second kappa shape index (κ2) is 5.35. The highest BCUT2D eigenvalue weighted by Crippen LogP contribution is 2.34. The standard InChI is InChI=1S/C12H14F3NS2/c1-8(18-17)9-2-3-11-7-16(12(13,14)15)5-4-10(11)6-9/h2-3,6,8,17H,4-5,7H2,1H3. The molecule has 0 saturated heterocycles. The van der Waals surface area contributed by atoms with E-state index in [0.29, 0.717) is 11.3 Å². The predicted molar refractivity (Wildman–Crippen MR) is 71.6 cm³/mol. The lowest BCUT2D eigenvalue weighted by molar-refractivity contribution is -0.250. The van der Waals surface area contributed by atoms with Crippen molar-refractivity contribution in [1.29, 1.82) is 0 Å². The summed E-state index contributed by atoms with van der Waals surface area (Å²) < 4.78 is 37.8. The molecule has 2 rings (SSSR count). The molecular formula is C12H14F3NS2. The van der Waals surface area contributed by atoms with Gasteiger partial charge < -0.3 is 0 Å². The number of rotatable bonds is 2. The molecule has 1 nitrogen and oxygen atoms in total. The van der Waals surface area contributed by atoms with Crippen molar-refractivity contribution in [2.24, 2.45) is 0 Å². The lowest BCUT2D eigenvalue weighted by Gasteiger charge is -2.30. The Balaban J connectivity index is 2.21. The first-order chi connectivity index (χ1) is 8.41. The number of hydrogen-bond acceptors (Lipinski definition) is 3. The fourth-order valence-electron chi connectivity index (χ4n) is 2.10. The molecule has 1 unspecified atom stereocenters. The molecule has 0 aliphatic carbocycles. The summed E-state index contributed by atoms with van der Waals surface area (Å²) in [6.07, 6.45) is -3.78. The monoisotopic (exact) mass is 293 g/mol. The van der Waals surface area contributed by atoms with E-state index in [1.54, 1.807) is 0 Å². The number of alkyl halides is 3. The van der Waals surface area contributed by atoms with Gasteiger partial charge in [0.25, 0.3) is 0 Å². The summed E-state index contributed by atoms with van der Waals surface area (Å²) in [5, 5.41) is 0.249. The molecule has 0 spiro atoms. The Morgan fingerprint density at radius 1 is 1.33 bits per heavy atom. The summed E-state index contributed by atoms with van der Waals surface area (Å²) in [4.78, 5) is 0.561. The van der Waals surface area contributed by atoms with Crippen molar-refractivity contribution in [3.05, 3.63) is 34.9 Å². The maximum Gasteiger partial charge on any atom is 0.460 e. The normalized spacial score (nSPS) is 18.5. The third-order valence-electron chi connectivity index (χ3n) is 3.23. The van der Waals surface area contributed by atoms with E-state index in [9.17, 15) is 13.2 Å². The lowest BCUT2D eigenvalue weighted by Crippen LogP contribution is -2.41. The van der Waals surface area contributed by atoms with Gasteiger partial charge in [-0.2, -0.15) is 13.2 Å². The number of benzene rings is 1. The summed E-state index contributed by atoms with van der Waals surface area (Å²) in [5.74, 6) is 0. The lowest BCUT2D eigenvalue weighted by atomic mass is 9.96. The molecule has 0 bridgehead atoms. The predicted octanol–water partition coefficient (Wildman–Crippen LogP) is 4.20. The quantitative estimate of drug-likeness (QED) is 0.494. The van der Waals surface area contributed by atoms with Gasteiger partial charge in [-0.05, 0) is 30.0 Å². The molecule has 1 aliphatic heterocycles. The van der Waals surface area contributed by atoms with Crippen LogP contribution in [-0.2, 0) is 13.0 Å². The van der Waals surface area contributed by atoms with Crippen molar-refractivity contribution in [3.8, 4) is 0 Å². The molecule has 0 N–H and O–H groups in total. The maximum absolute atomic E-state index is 12.6. The molecule has 0 radical (unpaired) electrons. The smallest absolute Gasteiger partial charge is 0.210 e. The molecule has 0 amide bonds. The zero-order valence-corrected chi connectivity index (χ0v) is 11.6. The van der Waals surface area contributed by atoms with Gasteiger partial charge in [-0.3, -0.25) is 0 Å². The first kappa shape index (κ1) is 14.1. The van der Waals surface area contributed by atoms with Gasteiger partial charge in [0.05, 0.1) is 0 Å². The van der Waals surface area contributed by atoms with Crippen molar-refractivity contribution in [2.75, 3.05) is 6.54 Å². The Labute approximate surface area is 114 Å². The van der Waals surface area contributed by atoms with Crippen LogP contribution < -0.4 is 0 Å². The number of thiol groups is 1. The highest BCUT2D eigenvalue weighted by Gasteiger charge is 2.38. The third-order valence-corrected chi connectivity index (χ3v) is 4.77. The summed E-state index contributed by atoms with van der Waals surface area (Å²) in [6.45, 7) is 2.04. The summed E-state index contributed by atoms with van der Waals surface area (Å²) in [7, 11) is 1.44. The van der Waals surface area contributed by atoms with Gasteiger partial charge in [0.1, 0.15) is 0 Å². The number of hydrogen-bond donors (Lipinski definition) is 1. The summed E-state index contributed by atoms with van der Waals surface area (Å²) in [5.41, 5.74) is 2.93. The topological polar surface area (TPSA) is 3.24 Å². The zero-order chi connectivity index (χ0) is 13.3. The molecule has 1 aromatic carbocycles. The van der Waals surface area contributed by atoms with E-state index in [1.165, 1.54) is 10.8 Å². The van der Waals surface area contributed by atoms with Crippen molar-refractivity contribution in [2.45, 2.75) is 31.4 Å². The minimum Gasteiger partial charge on any atom is -0.210 e. The fraction of sp³-hybridized carbons (Fsp3) is 0.500. The van der Waals surface area contributed by atoms with Crippen LogP contribution in [-0.4, -0.2) is 17.7 Å². The fourth-order valence-corrected chi connectivity index (χ4v) is 2.74. The molecule has 18 heavy (non-hydrogen) atoms. The maximum atomic E-state index is 12.6. The number of fused-ring (bicyclic) bond motifs is 1. The van der Waals surface area contributed by atoms with Crippen molar-refractivity contribution >= 4 is 22.5 Å². The second-order valence-corrected chi connectivity index (χ2v) is 5.97. The van der Waals surface area contributed by atoms with Crippen LogP contribution in [0.15, 0.2) is 18.2 Å². The largest absolute Gasteiger partial charge is 0.460 e. The Hall–Kier alpha value is -0.330. The highest BCUT2D eigenvalue weighted by atomic mass is 33.1. The van der Waals surface area contributed by atoms with Gasteiger partial charge in [0, 0.05) is 18.3 Å². The van der Waals surface area contributed by atoms with Crippen LogP contribution in [0, 0.1) is 0 Å². The van der Waals surface area contributed by atoms with E-state index in [-0.39, 0.29) is 18.3 Å². The minimum absolute atomic E-state index is 0.0402. The zero-order valence-electron chi connectivity index (χ0n) is 9.87. The van der Waals surface area contributed by atoms with Crippen LogP contribution in [0.2, 0.25) is 0 Å². The molecule has 100 valence electrons. The van der Waals surface area contributed by atoms with Gasteiger partial charge in [-0.1, -0.05) is 29.0 Å². The molecule has 1 aliphatic rings. The number of halogens is 3. The average molecular weight is 293 g/mol. The first-order valence-electron chi connectivity index (χ1n) is 5.65. The van der Waals surface area contributed by atoms with Gasteiger partial charge in [-0.15, -0.1) is 11.7 Å². The van der Waals surface area contributed by atoms with E-state index >= 15 is 0 Å². The molecule has 0 saturated carbocycles. The van der Waals surface area contributed by atoms with Crippen LogP contribution in [0.5, 0.6) is 0 Å². The van der Waals surface area contributed by atoms with Crippen molar-refractivity contribution in [3.63, 3.8) is 0 Å². The van der Waals surface area contributed by atoms with E-state index in [4.69, 9.17) is 0 Å². The average Bonchev–Trinajstić information content (AvgIpc) is 2.35. The van der Waals surface area contributed by atoms with Crippen LogP contribution in [0.4, 0.5) is 13.2 Å². The van der Waals surface area contributed by atoms with Gasteiger partial charge in [0.15, 0.2) is 0 Å². The van der Waals surface area contributed by atoms with Crippen LogP contribution in [0.1, 0.15) is 28.9 Å². The van der Waals surface area contributed by atoms with Crippen LogP contribution in [0.25, 0.3) is 0 Å². The van der Waals surface area contributed by atoms with Gasteiger partial charge in [-0.25, -0.2) is 4.90 Å². The minimum atomic E-state index is -4.23. The highest BCUT2D eigenvalue weighted by molar-refractivity contribution is 8.68. The molecule has 6 heteroatoms. The van der Waals surface area contributed by atoms with Gasteiger partial charge in [0.2, 0.25) is 0 Å². The summed E-state index contributed by atoms with van der Waals surface area (Å²) >= 11 is 4.16. The molecule has 1 heterocycles. The van der Waals surface area contributed by atoms with E-state index in [2.05, 4.69) is 11.7 Å². The molecule has 0 aromatic heterocycles. The Bertz CT molecular complexity index is 434. The molecule has 0 fully saturated rings. The SMILES string of the molecule is CC(SS)c1ccc2c(c1)CCN(C(F)(F)F)C2. The van der Waals surface area contributed by atoms with E-state index in [0.717, 1.165) is 16.7 Å². The molecular weight excluding hydrogens is 279 g/mol. The number of nitrogens with zero attached hydrogens (tertiary/aromatic N) is 1.